The molecule has 4 nitrogen and oxygen atoms in total. The highest BCUT2D eigenvalue weighted by atomic mass is 16.2. The highest BCUT2D eigenvalue weighted by Crippen LogP contribution is 2.09. The van der Waals surface area contributed by atoms with Crippen LogP contribution in [0.1, 0.15) is 18.1 Å². The van der Waals surface area contributed by atoms with Gasteiger partial charge in [0.1, 0.15) is 0 Å². The SMILES string of the molecule is Cc1cccc(C2=NNC(=O)NC2C)c1. The molecule has 0 saturated heterocycles. The number of nitrogens with one attached hydrogen (secondary N) is 2. The number of urea groups is 1. The van der Waals surface area contributed by atoms with E-state index in [0.717, 1.165) is 11.3 Å². The first-order valence-electron chi connectivity index (χ1n) is 4.88. The largest absolute Gasteiger partial charge is 0.335 e. The number of hydrogen-bond donors (Lipinski definition) is 2. The quantitative estimate of drug-likeness (QED) is 0.712. The van der Waals surface area contributed by atoms with Gasteiger partial charge in [0.25, 0.3) is 0 Å². The third kappa shape index (κ3) is 1.98. The zero-order chi connectivity index (χ0) is 10.8. The number of carbonyl (C=O) groups is 1. The van der Waals surface area contributed by atoms with Crippen LogP contribution in [0.25, 0.3) is 0 Å². The lowest BCUT2D eigenvalue weighted by Gasteiger charge is -2.21. The smallest absolute Gasteiger partial charge is 0.328 e. The average Bonchev–Trinajstić information content (AvgIpc) is 2.17. The summed E-state index contributed by atoms with van der Waals surface area (Å²) in [5.41, 5.74) is 5.49. The van der Waals surface area contributed by atoms with Crippen molar-refractivity contribution >= 4 is 11.7 Å². The number of rotatable bonds is 1. The Hall–Kier alpha value is -1.84. The molecule has 1 atom stereocenters. The number of amides is 2. The lowest BCUT2D eigenvalue weighted by Crippen LogP contribution is -2.48. The van der Waals surface area contributed by atoms with Crippen LogP contribution in [-0.2, 0) is 0 Å². The van der Waals surface area contributed by atoms with Crippen molar-refractivity contribution in [2.24, 2.45) is 5.10 Å². The molecule has 1 unspecified atom stereocenters. The molecular formula is C11H13N3O. The van der Waals surface area contributed by atoms with Crippen molar-refractivity contribution in [3.05, 3.63) is 35.4 Å². The molecule has 0 saturated carbocycles. The molecule has 1 aromatic rings. The van der Waals surface area contributed by atoms with Crippen LogP contribution >= 0.6 is 0 Å². The van der Waals surface area contributed by atoms with Crippen LogP contribution in [0.5, 0.6) is 0 Å². The van der Waals surface area contributed by atoms with Gasteiger partial charge >= 0.3 is 6.03 Å². The fourth-order valence-corrected chi connectivity index (χ4v) is 1.62. The van der Waals surface area contributed by atoms with Crippen molar-refractivity contribution in [1.29, 1.82) is 0 Å². The van der Waals surface area contributed by atoms with Crippen LogP contribution in [0.4, 0.5) is 4.79 Å². The normalized spacial score (nSPS) is 20.3. The Morgan fingerprint density at radius 1 is 1.40 bits per heavy atom. The van der Waals surface area contributed by atoms with Gasteiger partial charge in [0.15, 0.2) is 0 Å². The summed E-state index contributed by atoms with van der Waals surface area (Å²) in [7, 11) is 0. The molecule has 1 aromatic carbocycles. The van der Waals surface area contributed by atoms with Crippen LogP contribution in [0.15, 0.2) is 29.4 Å². The Morgan fingerprint density at radius 2 is 2.20 bits per heavy atom. The molecule has 2 rings (SSSR count). The van der Waals surface area contributed by atoms with Gasteiger partial charge in [-0.25, -0.2) is 10.2 Å². The maximum Gasteiger partial charge on any atom is 0.335 e. The highest BCUT2D eigenvalue weighted by Gasteiger charge is 2.19. The molecular weight excluding hydrogens is 190 g/mol. The average molecular weight is 203 g/mol. The molecule has 15 heavy (non-hydrogen) atoms. The number of hydrazone groups is 1. The maximum absolute atomic E-state index is 11.0. The number of hydrogen-bond acceptors (Lipinski definition) is 2. The lowest BCUT2D eigenvalue weighted by molar-refractivity contribution is 0.239. The minimum atomic E-state index is -0.251. The third-order valence-electron chi connectivity index (χ3n) is 2.35. The van der Waals surface area contributed by atoms with E-state index in [1.54, 1.807) is 0 Å². The molecule has 78 valence electrons. The van der Waals surface area contributed by atoms with Gasteiger partial charge in [-0.3, -0.25) is 0 Å². The van der Waals surface area contributed by atoms with Crippen LogP contribution in [0, 0.1) is 6.92 Å². The second-order valence-corrected chi connectivity index (χ2v) is 3.67. The predicted octanol–water partition coefficient (Wildman–Crippen LogP) is 1.40. The second kappa shape index (κ2) is 3.73. The molecule has 0 spiro atoms. The van der Waals surface area contributed by atoms with E-state index in [-0.39, 0.29) is 12.1 Å². The lowest BCUT2D eigenvalue weighted by atomic mass is 10.0. The van der Waals surface area contributed by atoms with E-state index in [4.69, 9.17) is 0 Å². The molecule has 1 aliphatic heterocycles. The molecule has 0 aromatic heterocycles. The Bertz CT molecular complexity index is 426. The number of carbonyl (C=O) groups excluding carboxylic acids is 1. The molecule has 2 amide bonds. The summed E-state index contributed by atoms with van der Waals surface area (Å²) in [5.74, 6) is 0. The molecule has 2 N–H and O–H groups in total. The first kappa shape index (κ1) is 9.71. The highest BCUT2D eigenvalue weighted by molar-refractivity contribution is 6.07. The molecule has 0 aliphatic carbocycles. The van der Waals surface area contributed by atoms with E-state index < -0.39 is 0 Å². The fraction of sp³-hybridized carbons (Fsp3) is 0.273. The Labute approximate surface area is 88.4 Å². The molecule has 1 aliphatic rings. The number of aryl methyl sites for hydroxylation is 1. The van der Waals surface area contributed by atoms with Crippen molar-refractivity contribution < 1.29 is 4.79 Å². The zero-order valence-electron chi connectivity index (χ0n) is 8.74. The van der Waals surface area contributed by atoms with E-state index in [0.29, 0.717) is 0 Å². The van der Waals surface area contributed by atoms with E-state index in [1.165, 1.54) is 5.56 Å². The molecule has 0 bridgehead atoms. The minimum absolute atomic E-state index is 0.0550. The van der Waals surface area contributed by atoms with Crippen LogP contribution < -0.4 is 10.7 Å². The van der Waals surface area contributed by atoms with Gasteiger partial charge in [0.05, 0.1) is 11.8 Å². The van der Waals surface area contributed by atoms with E-state index >= 15 is 0 Å². The van der Waals surface area contributed by atoms with Crippen molar-refractivity contribution in [2.45, 2.75) is 19.9 Å². The van der Waals surface area contributed by atoms with Crippen LogP contribution in [0.3, 0.4) is 0 Å². The van der Waals surface area contributed by atoms with Gasteiger partial charge in [-0.15, -0.1) is 0 Å². The summed E-state index contributed by atoms with van der Waals surface area (Å²) >= 11 is 0. The first-order chi connectivity index (χ1) is 7.16. The summed E-state index contributed by atoms with van der Waals surface area (Å²) < 4.78 is 0. The Balaban J connectivity index is 2.35. The topological polar surface area (TPSA) is 53.5 Å². The van der Waals surface area contributed by atoms with Gasteiger partial charge in [0.2, 0.25) is 0 Å². The molecule has 0 radical (unpaired) electrons. The summed E-state index contributed by atoms with van der Waals surface area (Å²) in [4.78, 5) is 11.0. The van der Waals surface area contributed by atoms with Crippen molar-refractivity contribution in [1.82, 2.24) is 10.7 Å². The van der Waals surface area contributed by atoms with E-state index in [9.17, 15) is 4.79 Å². The summed E-state index contributed by atoms with van der Waals surface area (Å²) in [6.07, 6.45) is 0. The number of benzene rings is 1. The Morgan fingerprint density at radius 3 is 2.87 bits per heavy atom. The zero-order valence-corrected chi connectivity index (χ0v) is 8.74. The van der Waals surface area contributed by atoms with Crippen molar-refractivity contribution in [2.75, 3.05) is 0 Å². The monoisotopic (exact) mass is 203 g/mol. The van der Waals surface area contributed by atoms with Gasteiger partial charge in [-0.05, 0) is 13.8 Å². The molecule has 0 fully saturated rings. The predicted molar refractivity (Wildman–Crippen MR) is 58.8 cm³/mol. The second-order valence-electron chi connectivity index (χ2n) is 3.67. The maximum atomic E-state index is 11.0. The van der Waals surface area contributed by atoms with Crippen molar-refractivity contribution in [3.8, 4) is 0 Å². The van der Waals surface area contributed by atoms with E-state index in [2.05, 4.69) is 21.9 Å². The van der Waals surface area contributed by atoms with Crippen LogP contribution in [0.2, 0.25) is 0 Å². The summed E-state index contributed by atoms with van der Waals surface area (Å²) in [6.45, 7) is 3.95. The molecule has 4 heteroatoms. The van der Waals surface area contributed by atoms with Gasteiger partial charge < -0.3 is 5.32 Å². The van der Waals surface area contributed by atoms with Crippen molar-refractivity contribution in [3.63, 3.8) is 0 Å². The minimum Gasteiger partial charge on any atom is -0.328 e. The van der Waals surface area contributed by atoms with Gasteiger partial charge in [0, 0.05) is 5.56 Å². The summed E-state index contributed by atoms with van der Waals surface area (Å²) in [5, 5.41) is 6.82. The fourth-order valence-electron chi connectivity index (χ4n) is 1.62. The third-order valence-corrected chi connectivity index (χ3v) is 2.35. The van der Waals surface area contributed by atoms with Gasteiger partial charge in [-0.1, -0.05) is 29.8 Å². The first-order valence-corrected chi connectivity index (χ1v) is 4.88. The summed E-state index contributed by atoms with van der Waals surface area (Å²) in [6, 6.07) is 7.75. The van der Waals surface area contributed by atoms with Gasteiger partial charge in [-0.2, -0.15) is 5.10 Å². The standard InChI is InChI=1S/C11H13N3O/c1-7-4-3-5-9(6-7)10-8(2)12-11(15)14-13-10/h3-6,8H,1-2H3,(H2,12,14,15). The molecule has 1 heterocycles. The van der Waals surface area contributed by atoms with E-state index in [1.807, 2.05) is 32.0 Å². The number of nitrogens with zero attached hydrogens (tertiary/aromatic N) is 1. The van der Waals surface area contributed by atoms with Crippen LogP contribution in [-0.4, -0.2) is 17.8 Å². The Kier molecular flexibility index (Phi) is 2.41.